The topological polar surface area (TPSA) is 76.5 Å². The summed E-state index contributed by atoms with van der Waals surface area (Å²) in [6, 6.07) is 5.34. The van der Waals surface area contributed by atoms with Crippen molar-refractivity contribution in [2.45, 2.75) is 26.8 Å². The van der Waals surface area contributed by atoms with E-state index in [9.17, 15) is 4.39 Å². The minimum Gasteiger partial charge on any atom is -0.490 e. The number of aryl methyl sites for hydroxylation is 2. The summed E-state index contributed by atoms with van der Waals surface area (Å²) < 4.78 is 28.3. The zero-order valence-corrected chi connectivity index (χ0v) is 16.2. The van der Waals surface area contributed by atoms with Crippen LogP contribution in [0, 0.1) is 19.7 Å². The van der Waals surface area contributed by atoms with E-state index in [2.05, 4.69) is 20.4 Å². The van der Waals surface area contributed by atoms with Gasteiger partial charge in [0, 0.05) is 28.2 Å². The first-order chi connectivity index (χ1) is 13.5. The zero-order valence-electron chi connectivity index (χ0n) is 16.2. The van der Waals surface area contributed by atoms with Crippen LogP contribution >= 0.6 is 0 Å². The van der Waals surface area contributed by atoms with Crippen LogP contribution in [-0.2, 0) is 0 Å². The molecule has 0 fully saturated rings. The molecule has 0 radical (unpaired) electrons. The molecule has 28 heavy (non-hydrogen) atoms. The summed E-state index contributed by atoms with van der Waals surface area (Å²) >= 11 is 0. The number of nitrogens with one attached hydrogen (secondary N) is 2. The highest BCUT2D eigenvalue weighted by atomic mass is 19.1. The predicted octanol–water partition coefficient (Wildman–Crippen LogP) is 3.75. The zero-order chi connectivity index (χ0) is 19.8. The molecule has 2 N–H and O–H groups in total. The number of fused-ring (bicyclic) bond motifs is 2. The minimum absolute atomic E-state index is 0.110. The largest absolute Gasteiger partial charge is 0.490 e. The van der Waals surface area contributed by atoms with Crippen LogP contribution in [0.15, 0.2) is 30.7 Å². The van der Waals surface area contributed by atoms with Crippen LogP contribution < -0.4 is 14.8 Å². The van der Waals surface area contributed by atoms with Crippen molar-refractivity contribution in [3.8, 4) is 17.4 Å². The maximum Gasteiger partial charge on any atom is 0.247 e. The van der Waals surface area contributed by atoms with Gasteiger partial charge in [0.2, 0.25) is 5.88 Å². The summed E-state index contributed by atoms with van der Waals surface area (Å²) in [6.45, 7) is 6.32. The van der Waals surface area contributed by atoms with Gasteiger partial charge in [-0.3, -0.25) is 0 Å². The van der Waals surface area contributed by atoms with Gasteiger partial charge in [-0.25, -0.2) is 8.91 Å². The van der Waals surface area contributed by atoms with E-state index in [1.807, 2.05) is 27.8 Å². The van der Waals surface area contributed by atoms with E-state index < -0.39 is 5.82 Å². The molecule has 1 unspecified atom stereocenters. The number of aromatic nitrogens is 4. The monoisotopic (exact) mass is 383 g/mol. The molecular formula is C20H22FN5O2. The molecule has 0 amide bonds. The Hall–Kier alpha value is -3.13. The third-order valence-corrected chi connectivity index (χ3v) is 4.77. The van der Waals surface area contributed by atoms with Crippen molar-refractivity contribution >= 4 is 16.4 Å². The Labute approximate surface area is 161 Å². The van der Waals surface area contributed by atoms with Crippen LogP contribution in [0.5, 0.6) is 17.4 Å². The summed E-state index contributed by atoms with van der Waals surface area (Å²) in [7, 11) is 1.88. The number of H-pyrrole nitrogens is 1. The van der Waals surface area contributed by atoms with Crippen molar-refractivity contribution in [2.75, 3.05) is 13.7 Å². The van der Waals surface area contributed by atoms with Crippen molar-refractivity contribution in [2.24, 2.45) is 0 Å². The van der Waals surface area contributed by atoms with Gasteiger partial charge in [-0.1, -0.05) is 0 Å². The maximum atomic E-state index is 14.9. The Morgan fingerprint density at radius 3 is 2.89 bits per heavy atom. The van der Waals surface area contributed by atoms with Crippen molar-refractivity contribution < 1.29 is 13.9 Å². The SMILES string of the molecule is CNC(C)COc1cn2ncnc(Oc3ccc4[nH]c(C)cc4c3F)c2c1C. The van der Waals surface area contributed by atoms with Crippen LogP contribution in [0.4, 0.5) is 4.39 Å². The van der Waals surface area contributed by atoms with Crippen molar-refractivity contribution in [1.82, 2.24) is 24.9 Å². The number of halogens is 1. The van der Waals surface area contributed by atoms with Gasteiger partial charge in [0.05, 0.1) is 6.20 Å². The van der Waals surface area contributed by atoms with Gasteiger partial charge in [0.25, 0.3) is 0 Å². The van der Waals surface area contributed by atoms with Crippen molar-refractivity contribution in [3.05, 3.63) is 47.8 Å². The second-order valence-electron chi connectivity index (χ2n) is 6.87. The minimum atomic E-state index is -0.429. The molecule has 0 saturated carbocycles. The Morgan fingerprint density at radius 2 is 2.11 bits per heavy atom. The molecular weight excluding hydrogens is 361 g/mol. The number of hydrogen-bond donors (Lipinski definition) is 2. The lowest BCUT2D eigenvalue weighted by molar-refractivity contribution is 0.278. The molecule has 4 rings (SSSR count). The highest BCUT2D eigenvalue weighted by Crippen LogP contribution is 2.34. The molecule has 0 spiro atoms. The number of benzene rings is 1. The first-order valence-electron chi connectivity index (χ1n) is 9.06. The third-order valence-electron chi connectivity index (χ3n) is 4.77. The Balaban J connectivity index is 1.71. The van der Waals surface area contributed by atoms with Gasteiger partial charge < -0.3 is 19.8 Å². The fourth-order valence-electron chi connectivity index (χ4n) is 3.09. The normalized spacial score (nSPS) is 12.6. The van der Waals surface area contributed by atoms with Gasteiger partial charge in [0.15, 0.2) is 11.6 Å². The second-order valence-corrected chi connectivity index (χ2v) is 6.87. The van der Waals surface area contributed by atoms with Crippen LogP contribution in [0.2, 0.25) is 0 Å². The van der Waals surface area contributed by atoms with E-state index in [0.29, 0.717) is 23.3 Å². The fourth-order valence-corrected chi connectivity index (χ4v) is 3.09. The van der Waals surface area contributed by atoms with E-state index in [4.69, 9.17) is 9.47 Å². The van der Waals surface area contributed by atoms with Gasteiger partial charge in [-0.2, -0.15) is 10.1 Å². The molecule has 7 nitrogen and oxygen atoms in total. The molecule has 0 saturated heterocycles. The standard InChI is InChI=1S/C20H22FN5O2/c1-11-7-14-15(25-11)5-6-16(18(14)21)28-20-19-13(3)17(27-9-12(2)22-4)8-26(19)24-10-23-20/h5-8,10,12,22,25H,9H2,1-4H3. The molecule has 0 aliphatic heterocycles. The Morgan fingerprint density at radius 1 is 1.29 bits per heavy atom. The Kier molecular flexibility index (Phi) is 4.64. The number of likely N-dealkylation sites (N-methyl/N-ethyl adjacent to an activating group) is 1. The molecule has 146 valence electrons. The third kappa shape index (κ3) is 3.16. The highest BCUT2D eigenvalue weighted by Gasteiger charge is 2.18. The summed E-state index contributed by atoms with van der Waals surface area (Å²) in [4.78, 5) is 7.33. The molecule has 3 heterocycles. The number of rotatable bonds is 6. The van der Waals surface area contributed by atoms with Gasteiger partial charge >= 0.3 is 0 Å². The number of hydrogen-bond acceptors (Lipinski definition) is 5. The number of nitrogens with zero attached hydrogens (tertiary/aromatic N) is 3. The molecule has 8 heteroatoms. The van der Waals surface area contributed by atoms with E-state index >= 15 is 0 Å². The van der Waals surface area contributed by atoms with Gasteiger partial charge in [0.1, 0.15) is 24.2 Å². The smallest absolute Gasteiger partial charge is 0.247 e. The maximum absolute atomic E-state index is 14.9. The molecule has 3 aromatic heterocycles. The average Bonchev–Trinajstić information content (AvgIpc) is 3.22. The van der Waals surface area contributed by atoms with Crippen molar-refractivity contribution in [1.29, 1.82) is 0 Å². The lowest BCUT2D eigenvalue weighted by Gasteiger charge is -2.11. The summed E-state index contributed by atoms with van der Waals surface area (Å²) in [5, 5.41) is 7.83. The summed E-state index contributed by atoms with van der Waals surface area (Å²) in [5.41, 5.74) is 3.08. The quantitative estimate of drug-likeness (QED) is 0.530. The molecule has 0 bridgehead atoms. The Bertz CT molecular complexity index is 1150. The molecule has 1 atom stereocenters. The lowest BCUT2D eigenvalue weighted by atomic mass is 10.2. The average molecular weight is 383 g/mol. The van der Waals surface area contributed by atoms with E-state index in [1.165, 1.54) is 6.33 Å². The number of ether oxygens (including phenoxy) is 2. The van der Waals surface area contributed by atoms with Gasteiger partial charge in [-0.15, -0.1) is 0 Å². The predicted molar refractivity (Wildman–Crippen MR) is 105 cm³/mol. The molecule has 0 aliphatic rings. The van der Waals surface area contributed by atoms with E-state index in [0.717, 1.165) is 16.8 Å². The molecule has 1 aromatic carbocycles. The second kappa shape index (κ2) is 7.12. The fraction of sp³-hybridized carbons (Fsp3) is 0.300. The lowest BCUT2D eigenvalue weighted by Crippen LogP contribution is -2.28. The summed E-state index contributed by atoms with van der Waals surface area (Å²) in [6.07, 6.45) is 3.15. The first-order valence-corrected chi connectivity index (χ1v) is 9.06. The highest BCUT2D eigenvalue weighted by molar-refractivity contribution is 5.83. The van der Waals surface area contributed by atoms with Crippen molar-refractivity contribution in [3.63, 3.8) is 0 Å². The van der Waals surface area contributed by atoms with Crippen LogP contribution in [0.25, 0.3) is 16.4 Å². The van der Waals surface area contributed by atoms with Crippen LogP contribution in [-0.4, -0.2) is 39.3 Å². The first kappa shape index (κ1) is 18.2. The van der Waals surface area contributed by atoms with Crippen LogP contribution in [0.1, 0.15) is 18.2 Å². The van der Waals surface area contributed by atoms with Gasteiger partial charge in [-0.05, 0) is 46.0 Å². The number of aromatic amines is 1. The molecule has 4 aromatic rings. The van der Waals surface area contributed by atoms with Crippen LogP contribution in [0.3, 0.4) is 0 Å². The molecule has 0 aliphatic carbocycles. The van der Waals surface area contributed by atoms with E-state index in [-0.39, 0.29) is 17.7 Å². The van der Waals surface area contributed by atoms with E-state index in [1.54, 1.807) is 28.9 Å². The summed E-state index contributed by atoms with van der Waals surface area (Å²) in [5.74, 6) is 0.639.